The number of rotatable bonds is 16. The number of anilines is 1. The van der Waals surface area contributed by atoms with Crippen LogP contribution in [0.1, 0.15) is 90.2 Å². The molecule has 2 aliphatic rings. The van der Waals surface area contributed by atoms with Gasteiger partial charge in [-0.3, -0.25) is 33.6 Å². The molecule has 17 heteroatoms. The fourth-order valence-corrected chi connectivity index (χ4v) is 7.47. The minimum absolute atomic E-state index is 0.185. The molecule has 1 aliphatic carbocycles. The van der Waals surface area contributed by atoms with Gasteiger partial charge in [-0.05, 0) is 82.6 Å². The maximum atomic E-state index is 12.9. The number of imide groups is 1. The SMILES string of the molecule is CNCCCCCCCCc1cccc2c1n(C)c(=O)n2C1CCC(=O)NC1=O.CN[C@@H]1C[C@@H]1F.CNc1cc(-c2cnn(-c3cccc(C=O)c3)c2)nn2c(C=O)cnc12. The van der Waals surface area contributed by atoms with Crippen LogP contribution in [0.15, 0.2) is 71.9 Å². The summed E-state index contributed by atoms with van der Waals surface area (Å²) in [6.45, 7) is 1.08. The summed E-state index contributed by atoms with van der Waals surface area (Å²) in [7, 11) is 7.31. The van der Waals surface area contributed by atoms with Gasteiger partial charge in [-0.1, -0.05) is 49.9 Å². The summed E-state index contributed by atoms with van der Waals surface area (Å²) in [4.78, 5) is 63.1. The molecule has 1 saturated carbocycles. The van der Waals surface area contributed by atoms with E-state index in [0.29, 0.717) is 35.3 Å². The topological polar surface area (TPSA) is 191 Å². The first-order valence-electron chi connectivity index (χ1n) is 20.7. The van der Waals surface area contributed by atoms with Crippen molar-refractivity contribution in [1.29, 1.82) is 0 Å². The Kier molecular flexibility index (Phi) is 15.1. The standard InChI is InChI=1S/C22H32N4O3.C18H14N6O2.C4H8FN/c1-23-15-8-6-4-3-5-7-10-16-11-9-12-17-20(16)25(2)22(29)26(17)18-13-14-19(27)24-21(18)28;1-19-17-6-16(22-24-15(11-26)8-20-18(17)24)13-7-21-23(9-13)14-4-2-3-12(5-14)10-25;1-6-4-2-3(4)5/h9,11-12,18,23H,3-8,10,13-15H2,1-2H3,(H,24,27,28);2-11,19H,1H3;3-4,6H,2H2,1H3/t;;3-,4+/m..0/s1. The molecule has 0 spiro atoms. The maximum Gasteiger partial charge on any atom is 0.329 e. The fraction of sp³-hybridized carbons (Fsp3) is 0.409. The van der Waals surface area contributed by atoms with Crippen LogP contribution >= 0.6 is 0 Å². The molecular formula is C44H54FN11O5. The van der Waals surface area contributed by atoms with Crippen LogP contribution in [0.2, 0.25) is 0 Å². The van der Waals surface area contributed by atoms with Gasteiger partial charge in [0.05, 0.1) is 40.5 Å². The zero-order valence-corrected chi connectivity index (χ0v) is 35.1. The molecule has 2 aromatic carbocycles. The number of nitrogens with zero attached hydrogens (tertiary/aromatic N) is 7. The Labute approximate surface area is 352 Å². The lowest BCUT2D eigenvalue weighted by Gasteiger charge is -2.21. The van der Waals surface area contributed by atoms with E-state index in [4.69, 9.17) is 0 Å². The first-order valence-corrected chi connectivity index (χ1v) is 20.7. The number of amides is 2. The number of imidazole rings is 2. The van der Waals surface area contributed by atoms with Gasteiger partial charge in [-0.25, -0.2) is 23.4 Å². The molecule has 0 bridgehead atoms. The van der Waals surface area contributed by atoms with Crippen LogP contribution in [-0.2, 0) is 23.1 Å². The van der Waals surface area contributed by atoms with E-state index in [9.17, 15) is 28.4 Å². The molecule has 61 heavy (non-hydrogen) atoms. The van der Waals surface area contributed by atoms with Crippen molar-refractivity contribution in [2.24, 2.45) is 7.05 Å². The summed E-state index contributed by atoms with van der Waals surface area (Å²) in [5.41, 5.74) is 7.05. The highest BCUT2D eigenvalue weighted by Gasteiger charge is 2.35. The molecule has 1 saturated heterocycles. The number of aryl methyl sites for hydroxylation is 2. The molecule has 4 N–H and O–H groups in total. The number of benzene rings is 2. The molecule has 0 radical (unpaired) electrons. The molecular weight excluding hydrogens is 782 g/mol. The monoisotopic (exact) mass is 835 g/mol. The van der Waals surface area contributed by atoms with Crippen molar-refractivity contribution in [3.63, 3.8) is 0 Å². The number of carbonyl (C=O) groups excluding carboxylic acids is 4. The van der Waals surface area contributed by atoms with E-state index in [-0.39, 0.29) is 30.0 Å². The Balaban J connectivity index is 0.000000180. The fourth-order valence-electron chi connectivity index (χ4n) is 7.47. The van der Waals surface area contributed by atoms with E-state index in [0.717, 1.165) is 65.6 Å². The number of carbonyl (C=O) groups is 4. The molecule has 2 fully saturated rings. The molecule has 2 amide bonds. The number of hydrogen-bond acceptors (Lipinski definition) is 11. The number of unbranched alkanes of at least 4 members (excludes halogenated alkanes) is 5. The van der Waals surface area contributed by atoms with E-state index in [1.54, 1.807) is 59.4 Å². The van der Waals surface area contributed by atoms with Crippen LogP contribution in [0, 0.1) is 0 Å². The second-order valence-electron chi connectivity index (χ2n) is 15.2. The van der Waals surface area contributed by atoms with E-state index in [2.05, 4.69) is 42.5 Å². The number of piperidine rings is 1. The second-order valence-corrected chi connectivity index (χ2v) is 15.2. The third kappa shape index (κ3) is 10.5. The molecule has 1 unspecified atom stereocenters. The van der Waals surface area contributed by atoms with Crippen molar-refractivity contribution in [2.75, 3.05) is 33.0 Å². The third-order valence-corrected chi connectivity index (χ3v) is 10.9. The number of fused-ring (bicyclic) bond motifs is 2. The Morgan fingerprint density at radius 2 is 1.69 bits per heavy atom. The van der Waals surface area contributed by atoms with E-state index < -0.39 is 12.2 Å². The number of halogens is 1. The zero-order valence-electron chi connectivity index (χ0n) is 35.1. The van der Waals surface area contributed by atoms with E-state index in [1.165, 1.54) is 42.8 Å². The highest BCUT2D eigenvalue weighted by molar-refractivity contribution is 6.00. The van der Waals surface area contributed by atoms with Crippen molar-refractivity contribution >= 4 is 46.8 Å². The summed E-state index contributed by atoms with van der Waals surface area (Å²) in [5, 5.41) is 20.3. The van der Waals surface area contributed by atoms with Crippen molar-refractivity contribution < 1.29 is 23.6 Å². The average Bonchev–Trinajstić information content (AvgIpc) is 3.56. The summed E-state index contributed by atoms with van der Waals surface area (Å²) in [6.07, 6.45) is 15.4. The smallest absolute Gasteiger partial charge is 0.329 e. The van der Waals surface area contributed by atoms with Crippen LogP contribution in [0.5, 0.6) is 0 Å². The zero-order chi connectivity index (χ0) is 43.5. The molecule has 1 aliphatic heterocycles. The van der Waals surface area contributed by atoms with Crippen LogP contribution < -0.4 is 27.0 Å². The largest absolute Gasteiger partial charge is 0.385 e. The van der Waals surface area contributed by atoms with Crippen molar-refractivity contribution in [3.8, 4) is 16.9 Å². The lowest BCUT2D eigenvalue weighted by molar-refractivity contribution is -0.135. The molecule has 4 aromatic heterocycles. The minimum atomic E-state index is -0.628. The first-order chi connectivity index (χ1) is 29.6. The molecule has 16 nitrogen and oxygen atoms in total. The molecule has 3 atom stereocenters. The van der Waals surface area contributed by atoms with Crippen molar-refractivity contribution in [1.82, 2.24) is 49.5 Å². The van der Waals surface area contributed by atoms with Crippen LogP contribution in [-0.4, -0.2) is 97.8 Å². The Morgan fingerprint density at radius 3 is 2.36 bits per heavy atom. The minimum Gasteiger partial charge on any atom is -0.385 e. The van der Waals surface area contributed by atoms with Gasteiger partial charge in [-0.15, -0.1) is 0 Å². The lowest BCUT2D eigenvalue weighted by Crippen LogP contribution is -2.44. The van der Waals surface area contributed by atoms with Gasteiger partial charge in [0.1, 0.15) is 24.2 Å². The van der Waals surface area contributed by atoms with Crippen LogP contribution in [0.25, 0.3) is 33.6 Å². The van der Waals surface area contributed by atoms with Gasteiger partial charge >= 0.3 is 5.69 Å². The van der Waals surface area contributed by atoms with Gasteiger partial charge in [0, 0.05) is 43.9 Å². The summed E-state index contributed by atoms with van der Waals surface area (Å²) in [5.74, 6) is -0.661. The number of nitrogens with one attached hydrogen (secondary N) is 4. The van der Waals surface area contributed by atoms with Gasteiger partial charge in [-0.2, -0.15) is 10.2 Å². The number of aldehydes is 2. The first kappa shape index (κ1) is 44.2. The summed E-state index contributed by atoms with van der Waals surface area (Å²) < 4.78 is 18.1. The Hall–Kier alpha value is -6.33. The Bertz CT molecular complexity index is 2540. The number of para-hydroxylation sites is 1. The molecule has 6 aromatic rings. The predicted octanol–water partition coefficient (Wildman–Crippen LogP) is 4.99. The second kappa shape index (κ2) is 20.8. The van der Waals surface area contributed by atoms with Gasteiger partial charge in [0.2, 0.25) is 11.8 Å². The number of alkyl halides is 1. The van der Waals surface area contributed by atoms with Crippen LogP contribution in [0.4, 0.5) is 10.1 Å². The quantitative estimate of drug-likeness (QED) is 0.0584. The van der Waals surface area contributed by atoms with Crippen LogP contribution in [0.3, 0.4) is 0 Å². The van der Waals surface area contributed by atoms with E-state index in [1.807, 2.05) is 37.5 Å². The molecule has 5 heterocycles. The molecule has 322 valence electrons. The highest BCUT2D eigenvalue weighted by atomic mass is 19.1. The lowest BCUT2D eigenvalue weighted by atomic mass is 10.0. The average molecular weight is 836 g/mol. The van der Waals surface area contributed by atoms with Gasteiger partial charge in [0.15, 0.2) is 11.9 Å². The Morgan fingerprint density at radius 1 is 0.934 bits per heavy atom. The summed E-state index contributed by atoms with van der Waals surface area (Å²) in [6, 6.07) is 14.5. The van der Waals surface area contributed by atoms with E-state index >= 15 is 0 Å². The highest BCUT2D eigenvalue weighted by Crippen LogP contribution is 2.27. The van der Waals surface area contributed by atoms with Crippen molar-refractivity contribution in [3.05, 3.63) is 94.4 Å². The normalized spacial score (nSPS) is 17.0. The third-order valence-electron chi connectivity index (χ3n) is 10.9. The van der Waals surface area contributed by atoms with Crippen molar-refractivity contribution in [2.45, 2.75) is 82.5 Å². The maximum absolute atomic E-state index is 12.9. The van der Waals surface area contributed by atoms with Gasteiger partial charge < -0.3 is 16.0 Å². The number of aromatic nitrogens is 7. The van der Waals surface area contributed by atoms with Gasteiger partial charge in [0.25, 0.3) is 0 Å². The predicted molar refractivity (Wildman–Crippen MR) is 232 cm³/mol. The number of hydrogen-bond donors (Lipinski definition) is 4. The molecule has 8 rings (SSSR count). The summed E-state index contributed by atoms with van der Waals surface area (Å²) >= 11 is 0.